The molecule has 128 valence electrons. The first-order valence-corrected chi connectivity index (χ1v) is 8.33. The Hall–Kier alpha value is -2.28. The van der Waals surface area contributed by atoms with Crippen LogP contribution < -0.4 is 9.80 Å². The summed E-state index contributed by atoms with van der Waals surface area (Å²) in [5.41, 5.74) is 1.17. The Bertz CT molecular complexity index is 621. The van der Waals surface area contributed by atoms with Crippen molar-refractivity contribution < 1.29 is 0 Å². The average molecular weight is 327 g/mol. The maximum atomic E-state index is 4.39. The first-order chi connectivity index (χ1) is 11.6. The van der Waals surface area contributed by atoms with Gasteiger partial charge in [0.15, 0.2) is 0 Å². The third-order valence-corrected chi connectivity index (χ3v) is 4.53. The fourth-order valence-corrected chi connectivity index (χ4v) is 3.06. The predicted octanol–water partition coefficient (Wildman–Crippen LogP) is 1.43. The zero-order valence-corrected chi connectivity index (χ0v) is 14.6. The molecule has 3 rings (SSSR count). The quantitative estimate of drug-likeness (QED) is 0.823. The highest BCUT2D eigenvalue weighted by atomic mass is 15.2. The van der Waals surface area contributed by atoms with E-state index in [0.29, 0.717) is 6.04 Å². The molecule has 0 unspecified atom stereocenters. The summed E-state index contributed by atoms with van der Waals surface area (Å²) in [7, 11) is 6.03. The zero-order valence-electron chi connectivity index (χ0n) is 14.6. The Morgan fingerprint density at radius 1 is 1.08 bits per heavy atom. The van der Waals surface area contributed by atoms with Crippen molar-refractivity contribution in [1.82, 2.24) is 24.8 Å². The van der Waals surface area contributed by atoms with Crippen molar-refractivity contribution in [1.29, 1.82) is 0 Å². The normalized spacial score (nSPS) is 16.1. The van der Waals surface area contributed by atoms with Crippen LogP contribution in [0.1, 0.15) is 18.4 Å². The van der Waals surface area contributed by atoms with E-state index < -0.39 is 0 Å². The van der Waals surface area contributed by atoms with Crippen LogP contribution in [0.2, 0.25) is 0 Å². The molecule has 24 heavy (non-hydrogen) atoms. The van der Waals surface area contributed by atoms with Gasteiger partial charge in [0.2, 0.25) is 5.95 Å². The monoisotopic (exact) mass is 327 g/mol. The van der Waals surface area contributed by atoms with Gasteiger partial charge in [0, 0.05) is 71.0 Å². The zero-order chi connectivity index (χ0) is 16.9. The molecule has 0 N–H and O–H groups in total. The van der Waals surface area contributed by atoms with Gasteiger partial charge in [0.05, 0.1) is 0 Å². The Morgan fingerprint density at radius 3 is 2.38 bits per heavy atom. The Kier molecular flexibility index (Phi) is 5.20. The van der Waals surface area contributed by atoms with E-state index in [0.717, 1.165) is 44.2 Å². The summed E-state index contributed by atoms with van der Waals surface area (Å²) >= 11 is 0. The van der Waals surface area contributed by atoms with E-state index in [9.17, 15) is 0 Å². The molecule has 0 radical (unpaired) electrons. The lowest BCUT2D eigenvalue weighted by Gasteiger charge is -2.37. The molecule has 1 aliphatic rings. The molecule has 1 saturated heterocycles. The maximum absolute atomic E-state index is 4.39. The Morgan fingerprint density at radius 2 is 1.79 bits per heavy atom. The van der Waals surface area contributed by atoms with Crippen molar-refractivity contribution in [3.05, 3.63) is 36.5 Å². The molecule has 0 saturated carbocycles. The van der Waals surface area contributed by atoms with Crippen LogP contribution in [-0.2, 0) is 6.54 Å². The number of anilines is 2. The highest BCUT2D eigenvalue weighted by Crippen LogP contribution is 2.21. The Balaban J connectivity index is 1.51. The summed E-state index contributed by atoms with van der Waals surface area (Å²) in [6, 6.07) is 2.50. The smallest absolute Gasteiger partial charge is 0.224 e. The van der Waals surface area contributed by atoms with Crippen LogP contribution in [0.4, 0.5) is 11.8 Å². The van der Waals surface area contributed by atoms with Gasteiger partial charge in [-0.1, -0.05) is 0 Å². The molecule has 0 aliphatic carbocycles. The third kappa shape index (κ3) is 3.97. The molecular formula is C17H25N7. The molecule has 1 aliphatic heterocycles. The number of rotatable bonds is 5. The summed E-state index contributed by atoms with van der Waals surface area (Å²) in [5.74, 6) is 1.75. The number of likely N-dealkylation sites (tertiary alicyclic amines) is 1. The molecule has 1 fully saturated rings. The lowest BCUT2D eigenvalue weighted by molar-refractivity contribution is 0.203. The van der Waals surface area contributed by atoms with Gasteiger partial charge in [-0.3, -0.25) is 4.90 Å². The van der Waals surface area contributed by atoms with Gasteiger partial charge < -0.3 is 9.80 Å². The van der Waals surface area contributed by atoms with Gasteiger partial charge in [-0.15, -0.1) is 0 Å². The SMILES string of the molecule is CN(C)c1ncc(CN2CCC(N(C)c3ccncn3)CC2)cn1. The lowest BCUT2D eigenvalue weighted by atomic mass is 10.0. The summed E-state index contributed by atoms with van der Waals surface area (Å²) in [4.78, 5) is 23.8. The first-order valence-electron chi connectivity index (χ1n) is 8.33. The number of hydrogen-bond donors (Lipinski definition) is 0. The van der Waals surface area contributed by atoms with Gasteiger partial charge in [0.25, 0.3) is 0 Å². The summed E-state index contributed by atoms with van der Waals surface area (Å²) in [5, 5.41) is 0. The summed E-state index contributed by atoms with van der Waals surface area (Å²) < 4.78 is 0. The Labute approximate surface area is 143 Å². The molecule has 3 heterocycles. The number of aromatic nitrogens is 4. The van der Waals surface area contributed by atoms with E-state index in [2.05, 4.69) is 36.8 Å². The fraction of sp³-hybridized carbons (Fsp3) is 0.529. The lowest BCUT2D eigenvalue weighted by Crippen LogP contribution is -2.43. The number of nitrogens with zero attached hydrogens (tertiary/aromatic N) is 7. The van der Waals surface area contributed by atoms with Crippen LogP contribution in [0.5, 0.6) is 0 Å². The van der Waals surface area contributed by atoms with Crippen LogP contribution >= 0.6 is 0 Å². The maximum Gasteiger partial charge on any atom is 0.224 e. The second-order valence-electron chi connectivity index (χ2n) is 6.47. The van der Waals surface area contributed by atoms with Gasteiger partial charge in [-0.2, -0.15) is 0 Å². The fourth-order valence-electron chi connectivity index (χ4n) is 3.06. The van der Waals surface area contributed by atoms with Crippen molar-refractivity contribution in [2.45, 2.75) is 25.4 Å². The van der Waals surface area contributed by atoms with Gasteiger partial charge in [-0.05, 0) is 18.9 Å². The van der Waals surface area contributed by atoms with Gasteiger partial charge in [0.1, 0.15) is 12.1 Å². The minimum Gasteiger partial charge on any atom is -0.356 e. The van der Waals surface area contributed by atoms with Crippen molar-refractivity contribution in [2.75, 3.05) is 44.0 Å². The van der Waals surface area contributed by atoms with Crippen LogP contribution in [0.3, 0.4) is 0 Å². The molecule has 7 heteroatoms. The predicted molar refractivity (Wildman–Crippen MR) is 95.1 cm³/mol. The van der Waals surface area contributed by atoms with E-state index in [1.54, 1.807) is 12.5 Å². The van der Waals surface area contributed by atoms with Crippen molar-refractivity contribution in [3.8, 4) is 0 Å². The van der Waals surface area contributed by atoms with E-state index in [1.807, 2.05) is 37.5 Å². The van der Waals surface area contributed by atoms with E-state index in [1.165, 1.54) is 5.56 Å². The molecular weight excluding hydrogens is 302 g/mol. The molecule has 2 aromatic heterocycles. The largest absolute Gasteiger partial charge is 0.356 e. The highest BCUT2D eigenvalue weighted by molar-refractivity contribution is 5.36. The van der Waals surface area contributed by atoms with Crippen molar-refractivity contribution in [3.63, 3.8) is 0 Å². The molecule has 0 amide bonds. The van der Waals surface area contributed by atoms with Crippen molar-refractivity contribution in [2.24, 2.45) is 0 Å². The third-order valence-electron chi connectivity index (χ3n) is 4.53. The summed E-state index contributed by atoms with van der Waals surface area (Å²) in [6.45, 7) is 3.07. The minimum atomic E-state index is 0.531. The second kappa shape index (κ2) is 7.53. The molecule has 0 bridgehead atoms. The average Bonchev–Trinajstić information content (AvgIpc) is 2.63. The molecule has 0 aromatic carbocycles. The van der Waals surface area contributed by atoms with Crippen molar-refractivity contribution >= 4 is 11.8 Å². The van der Waals surface area contributed by atoms with Crippen LogP contribution in [0.25, 0.3) is 0 Å². The van der Waals surface area contributed by atoms with E-state index in [4.69, 9.17) is 0 Å². The molecule has 0 spiro atoms. The van der Waals surface area contributed by atoms with Crippen LogP contribution in [0, 0.1) is 0 Å². The first kappa shape index (κ1) is 16.6. The number of hydrogen-bond acceptors (Lipinski definition) is 7. The highest BCUT2D eigenvalue weighted by Gasteiger charge is 2.23. The summed E-state index contributed by atoms with van der Waals surface area (Å²) in [6.07, 6.45) is 9.54. The molecule has 7 nitrogen and oxygen atoms in total. The molecule has 0 atom stereocenters. The number of piperidine rings is 1. The minimum absolute atomic E-state index is 0.531. The topological polar surface area (TPSA) is 61.3 Å². The van der Waals surface area contributed by atoms with E-state index >= 15 is 0 Å². The van der Waals surface area contributed by atoms with Gasteiger partial charge >= 0.3 is 0 Å². The van der Waals surface area contributed by atoms with E-state index in [-0.39, 0.29) is 0 Å². The second-order valence-corrected chi connectivity index (χ2v) is 6.47. The van der Waals surface area contributed by atoms with Gasteiger partial charge in [-0.25, -0.2) is 19.9 Å². The standard InChI is InChI=1S/C17H25N7/c1-22(2)17-19-10-14(11-20-17)12-24-8-5-15(6-9-24)23(3)16-4-7-18-13-21-16/h4,7,10-11,13,15H,5-6,8-9,12H2,1-3H3. The van der Waals surface area contributed by atoms with Crippen LogP contribution in [0.15, 0.2) is 31.0 Å². The van der Waals surface area contributed by atoms with Crippen LogP contribution in [-0.4, -0.2) is 65.1 Å². The molecule has 2 aromatic rings.